The van der Waals surface area contributed by atoms with Crippen molar-refractivity contribution in [3.8, 4) is 0 Å². The van der Waals surface area contributed by atoms with Crippen LogP contribution in [0.2, 0.25) is 0 Å². The number of benzene rings is 1. The molecule has 2 saturated heterocycles. The van der Waals surface area contributed by atoms with Crippen LogP contribution >= 0.6 is 0 Å². The summed E-state index contributed by atoms with van der Waals surface area (Å²) >= 11 is 0. The van der Waals surface area contributed by atoms with E-state index in [2.05, 4.69) is 16.0 Å². The number of nitrogens with zero attached hydrogens (tertiary/aromatic N) is 1. The summed E-state index contributed by atoms with van der Waals surface area (Å²) in [6, 6.07) is 4.15. The highest BCUT2D eigenvalue weighted by molar-refractivity contribution is 6.25. The average Bonchev–Trinajstić information content (AvgIpc) is 2.79. The number of anilines is 1. The highest BCUT2D eigenvalue weighted by Crippen LogP contribution is 2.32. The lowest BCUT2D eigenvalue weighted by Gasteiger charge is -2.28. The molecule has 3 N–H and O–H groups in total. The number of fused-ring (bicyclic) bond motifs is 1. The van der Waals surface area contributed by atoms with Gasteiger partial charge in [-0.25, -0.2) is 0 Å². The van der Waals surface area contributed by atoms with Crippen molar-refractivity contribution < 1.29 is 19.2 Å². The molecule has 1 unspecified atom stereocenters. The Morgan fingerprint density at radius 2 is 1.92 bits per heavy atom. The second-order valence-electron chi connectivity index (χ2n) is 6.58. The fourth-order valence-electron chi connectivity index (χ4n) is 3.41. The first kappa shape index (κ1) is 15.8. The molecule has 0 aliphatic carbocycles. The van der Waals surface area contributed by atoms with E-state index >= 15 is 0 Å². The first-order valence-electron chi connectivity index (χ1n) is 8.35. The van der Waals surface area contributed by atoms with E-state index in [1.807, 2.05) is 0 Å². The van der Waals surface area contributed by atoms with Gasteiger partial charge < -0.3 is 10.6 Å². The van der Waals surface area contributed by atoms with Crippen LogP contribution in [0.25, 0.3) is 0 Å². The number of nitrogens with one attached hydrogen (secondary N) is 3. The van der Waals surface area contributed by atoms with Gasteiger partial charge in [-0.2, -0.15) is 0 Å². The normalized spacial score (nSPS) is 23.4. The minimum absolute atomic E-state index is 0.115. The van der Waals surface area contributed by atoms with Crippen molar-refractivity contribution in [1.29, 1.82) is 0 Å². The zero-order chi connectivity index (χ0) is 17.6. The van der Waals surface area contributed by atoms with Crippen LogP contribution in [-0.2, 0) is 9.59 Å². The van der Waals surface area contributed by atoms with Gasteiger partial charge >= 0.3 is 0 Å². The fourth-order valence-corrected chi connectivity index (χ4v) is 3.41. The molecular formula is C17H18N4O4. The molecule has 1 atom stereocenters. The molecule has 3 aliphatic heterocycles. The van der Waals surface area contributed by atoms with E-state index < -0.39 is 23.8 Å². The lowest BCUT2D eigenvalue weighted by atomic mass is 10.0. The van der Waals surface area contributed by atoms with E-state index in [0.717, 1.165) is 18.0 Å². The van der Waals surface area contributed by atoms with E-state index in [1.165, 1.54) is 0 Å². The lowest BCUT2D eigenvalue weighted by Crippen LogP contribution is -2.54. The summed E-state index contributed by atoms with van der Waals surface area (Å²) < 4.78 is 0. The van der Waals surface area contributed by atoms with Crippen molar-refractivity contribution in [1.82, 2.24) is 15.5 Å². The van der Waals surface area contributed by atoms with Crippen molar-refractivity contribution in [3.05, 3.63) is 29.3 Å². The second-order valence-corrected chi connectivity index (χ2v) is 6.58. The molecule has 0 saturated carbocycles. The standard InChI is InChI=1S/C17H18N4O4/c22-13-5-4-12(15(23)20-13)21-16(24)10-2-1-3-11(14(10)17(21)25)19-8-9-6-18-7-9/h1-3,9,12,18-19H,4-8H2,(H,20,22,23). The number of hydrogen-bond donors (Lipinski definition) is 3. The van der Waals surface area contributed by atoms with Crippen LogP contribution in [0.5, 0.6) is 0 Å². The third-order valence-corrected chi connectivity index (χ3v) is 4.92. The van der Waals surface area contributed by atoms with Crippen LogP contribution in [-0.4, -0.2) is 54.2 Å². The number of carbonyl (C=O) groups excluding carboxylic acids is 4. The predicted molar refractivity (Wildman–Crippen MR) is 88.0 cm³/mol. The van der Waals surface area contributed by atoms with Gasteiger partial charge in [-0.05, 0) is 18.6 Å². The topological polar surface area (TPSA) is 108 Å². The summed E-state index contributed by atoms with van der Waals surface area (Å²) in [5.74, 6) is -1.45. The molecule has 0 aromatic heterocycles. The quantitative estimate of drug-likeness (QED) is 0.650. The van der Waals surface area contributed by atoms with Gasteiger partial charge in [-0.1, -0.05) is 6.07 Å². The van der Waals surface area contributed by atoms with Crippen LogP contribution in [0.15, 0.2) is 18.2 Å². The van der Waals surface area contributed by atoms with Gasteiger partial charge in [0.05, 0.1) is 11.1 Å². The number of imide groups is 2. The molecule has 2 fully saturated rings. The number of amides is 4. The Morgan fingerprint density at radius 1 is 1.12 bits per heavy atom. The summed E-state index contributed by atoms with van der Waals surface area (Å²) in [4.78, 5) is 49.9. The maximum absolute atomic E-state index is 12.9. The Labute approximate surface area is 143 Å². The summed E-state index contributed by atoms with van der Waals surface area (Å²) in [5.41, 5.74) is 1.22. The maximum atomic E-state index is 12.9. The average molecular weight is 342 g/mol. The molecule has 3 aliphatic rings. The Kier molecular flexibility index (Phi) is 3.76. The van der Waals surface area contributed by atoms with Crippen LogP contribution in [0.3, 0.4) is 0 Å². The Morgan fingerprint density at radius 3 is 2.60 bits per heavy atom. The molecule has 1 aromatic carbocycles. The van der Waals surface area contributed by atoms with Gasteiger partial charge in [0.2, 0.25) is 11.8 Å². The number of hydrogen-bond acceptors (Lipinski definition) is 6. The van der Waals surface area contributed by atoms with E-state index in [0.29, 0.717) is 29.3 Å². The second kappa shape index (κ2) is 5.96. The summed E-state index contributed by atoms with van der Waals surface area (Å²) in [6.45, 7) is 2.57. The Bertz CT molecular complexity index is 787. The Balaban J connectivity index is 1.60. The maximum Gasteiger partial charge on any atom is 0.264 e. The molecular weight excluding hydrogens is 324 g/mol. The number of carbonyl (C=O) groups is 4. The summed E-state index contributed by atoms with van der Waals surface area (Å²) in [5, 5.41) is 8.63. The van der Waals surface area contributed by atoms with Crippen molar-refractivity contribution in [3.63, 3.8) is 0 Å². The minimum Gasteiger partial charge on any atom is -0.384 e. The molecule has 130 valence electrons. The molecule has 1 aromatic rings. The van der Waals surface area contributed by atoms with Gasteiger partial charge in [0, 0.05) is 37.7 Å². The molecule has 0 spiro atoms. The molecule has 25 heavy (non-hydrogen) atoms. The van der Waals surface area contributed by atoms with Crippen LogP contribution in [0.4, 0.5) is 5.69 Å². The highest BCUT2D eigenvalue weighted by Gasteiger charge is 2.45. The summed E-state index contributed by atoms with van der Waals surface area (Å²) in [7, 11) is 0. The van der Waals surface area contributed by atoms with E-state index in [1.54, 1.807) is 18.2 Å². The zero-order valence-corrected chi connectivity index (χ0v) is 13.5. The lowest BCUT2D eigenvalue weighted by molar-refractivity contribution is -0.136. The van der Waals surface area contributed by atoms with E-state index in [9.17, 15) is 19.2 Å². The number of piperidine rings is 1. The molecule has 8 heteroatoms. The van der Waals surface area contributed by atoms with Gasteiger partial charge in [0.25, 0.3) is 11.8 Å². The number of rotatable bonds is 4. The molecule has 4 amide bonds. The third-order valence-electron chi connectivity index (χ3n) is 4.92. The monoisotopic (exact) mass is 342 g/mol. The molecule has 4 rings (SSSR count). The molecule has 0 radical (unpaired) electrons. The molecule has 8 nitrogen and oxygen atoms in total. The smallest absolute Gasteiger partial charge is 0.264 e. The SMILES string of the molecule is O=C1CCC(N2C(=O)c3cccc(NCC4CNC4)c3C2=O)C(=O)N1. The first-order chi connectivity index (χ1) is 12.1. The highest BCUT2D eigenvalue weighted by atomic mass is 16.2. The van der Waals surface area contributed by atoms with Crippen molar-refractivity contribution >= 4 is 29.3 Å². The van der Waals surface area contributed by atoms with Crippen molar-refractivity contribution in [2.75, 3.05) is 25.0 Å². The predicted octanol–water partition coefficient (Wildman–Crippen LogP) is -0.281. The van der Waals surface area contributed by atoms with Gasteiger partial charge in [-0.3, -0.25) is 29.4 Å². The van der Waals surface area contributed by atoms with Crippen molar-refractivity contribution in [2.45, 2.75) is 18.9 Å². The third kappa shape index (κ3) is 2.58. The van der Waals surface area contributed by atoms with Gasteiger partial charge in [0.15, 0.2) is 0 Å². The fraction of sp³-hybridized carbons (Fsp3) is 0.412. The van der Waals surface area contributed by atoms with E-state index in [-0.39, 0.29) is 18.7 Å². The minimum atomic E-state index is -0.936. The summed E-state index contributed by atoms with van der Waals surface area (Å²) in [6.07, 6.45) is 0.274. The molecule has 0 bridgehead atoms. The Hall–Kier alpha value is -2.74. The van der Waals surface area contributed by atoms with Gasteiger partial charge in [0.1, 0.15) is 6.04 Å². The van der Waals surface area contributed by atoms with E-state index in [4.69, 9.17) is 0 Å². The van der Waals surface area contributed by atoms with Gasteiger partial charge in [-0.15, -0.1) is 0 Å². The first-order valence-corrected chi connectivity index (χ1v) is 8.35. The van der Waals surface area contributed by atoms with Crippen LogP contribution in [0, 0.1) is 5.92 Å². The van der Waals surface area contributed by atoms with Crippen LogP contribution < -0.4 is 16.0 Å². The van der Waals surface area contributed by atoms with Crippen molar-refractivity contribution in [2.24, 2.45) is 5.92 Å². The van der Waals surface area contributed by atoms with Crippen LogP contribution in [0.1, 0.15) is 33.6 Å². The zero-order valence-electron chi connectivity index (χ0n) is 13.5. The largest absolute Gasteiger partial charge is 0.384 e. The molecule has 3 heterocycles.